The number of ether oxygens (including phenoxy) is 6. The standard InChI is InChI=1S/C48H78O20/c1-19-10-11-48(13-12-46(6)22(28(48)20(19)2)8-9-27-44(4)14-24(52)39(61)45(5,18-50)38(44)23(51)15-47(27,46)7)43(62)68-42-35(59)32(56)30(54)26(66-42)17-63-40-36(60)33(57)37(25(16-49)65-40)67-41-34(58)31(55)29(53)21(3)64-41/h10,20-42,49-61H,8-9,11-18H2,1-7H3/t20-,21-,22+,23+,24-,25+,26+,27+,28+,29-,30+,31+,32-,33+,34+,35+,36+,37+,38+,39-,40+,41-,42-,44-,45+,46+,47-,48-/m0/s1. The summed E-state index contributed by atoms with van der Waals surface area (Å²) in [5.41, 5.74) is -2.62. The van der Waals surface area contributed by atoms with Gasteiger partial charge in [-0.25, -0.2) is 0 Å². The number of allylic oxidation sites excluding steroid dienone is 2. The first-order valence-corrected chi connectivity index (χ1v) is 24.6. The predicted octanol–water partition coefficient (Wildman–Crippen LogP) is -2.06. The van der Waals surface area contributed by atoms with Gasteiger partial charge in [0, 0.05) is 11.3 Å². The normalized spacial score (nSPS) is 57.1. The molecule has 3 aliphatic heterocycles. The molecule has 0 radical (unpaired) electrons. The molecule has 0 spiro atoms. The van der Waals surface area contributed by atoms with E-state index in [1.54, 1.807) is 6.92 Å². The van der Waals surface area contributed by atoms with Crippen molar-refractivity contribution in [1.82, 2.24) is 0 Å². The maximum absolute atomic E-state index is 15.0. The molecule has 0 bridgehead atoms. The summed E-state index contributed by atoms with van der Waals surface area (Å²) < 4.78 is 34.6. The van der Waals surface area contributed by atoms with Gasteiger partial charge in [-0.2, -0.15) is 0 Å². The molecule has 390 valence electrons. The third-order valence-corrected chi connectivity index (χ3v) is 19.8. The number of hydrogen-bond donors (Lipinski definition) is 13. The molecule has 0 aromatic rings. The van der Waals surface area contributed by atoms with Crippen molar-refractivity contribution in [3.05, 3.63) is 11.6 Å². The Kier molecular flexibility index (Phi) is 14.6. The molecule has 0 unspecified atom stereocenters. The number of carbonyl (C=O) groups excluding carboxylic acids is 1. The van der Waals surface area contributed by atoms with Gasteiger partial charge in [-0.15, -0.1) is 0 Å². The first-order valence-electron chi connectivity index (χ1n) is 24.6. The summed E-state index contributed by atoms with van der Waals surface area (Å²) >= 11 is 0. The van der Waals surface area contributed by atoms with E-state index in [0.29, 0.717) is 25.7 Å². The molecule has 0 amide bonds. The van der Waals surface area contributed by atoms with Crippen molar-refractivity contribution in [2.45, 2.75) is 204 Å². The van der Waals surface area contributed by atoms with E-state index in [2.05, 4.69) is 27.7 Å². The molecule has 8 aliphatic rings. The average Bonchev–Trinajstić information content (AvgIpc) is 3.29. The van der Waals surface area contributed by atoms with Gasteiger partial charge in [0.1, 0.15) is 67.1 Å². The van der Waals surface area contributed by atoms with Crippen molar-refractivity contribution in [3.63, 3.8) is 0 Å². The largest absolute Gasteiger partial charge is 0.432 e. The molecule has 3 heterocycles. The molecular formula is C48H78O20. The lowest BCUT2D eigenvalue weighted by molar-refractivity contribution is -0.361. The number of esters is 1. The zero-order chi connectivity index (χ0) is 50.0. The first-order chi connectivity index (χ1) is 31.8. The monoisotopic (exact) mass is 975 g/mol. The van der Waals surface area contributed by atoms with Gasteiger partial charge in [0.2, 0.25) is 6.29 Å². The number of carbonyl (C=O) groups is 1. The summed E-state index contributed by atoms with van der Waals surface area (Å²) in [6, 6.07) is 0. The summed E-state index contributed by atoms with van der Waals surface area (Å²) in [5, 5.41) is 142. The molecule has 4 saturated carbocycles. The maximum atomic E-state index is 15.0. The number of aliphatic hydroxyl groups excluding tert-OH is 13. The average molecular weight is 975 g/mol. The zero-order valence-electron chi connectivity index (χ0n) is 40.1. The Morgan fingerprint density at radius 1 is 0.706 bits per heavy atom. The molecule has 0 aromatic heterocycles. The molecular weight excluding hydrogens is 897 g/mol. The highest BCUT2D eigenvalue weighted by molar-refractivity contribution is 5.78. The Morgan fingerprint density at radius 2 is 1.34 bits per heavy atom. The van der Waals surface area contributed by atoms with Crippen LogP contribution in [0.2, 0.25) is 0 Å². The fourth-order valence-corrected chi connectivity index (χ4v) is 15.8. The summed E-state index contributed by atoms with van der Waals surface area (Å²) in [7, 11) is 0. The molecule has 20 nitrogen and oxygen atoms in total. The minimum absolute atomic E-state index is 0.0121. The van der Waals surface area contributed by atoms with E-state index >= 15 is 4.79 Å². The zero-order valence-corrected chi connectivity index (χ0v) is 40.1. The Hall–Kier alpha value is -1.51. The SMILES string of the molecule is CC1=CC[C@]2(C(=O)O[C@@H]3O[C@H](CO[C@@H]4O[C@H](CO)[C@@H](O[C@@H]5O[C@@H](C)[C@H](O)[C@@H](O)[C@H]5O)[C@H](O)[C@H]4O)[C@@H](O)[C@H](O)[C@H]3O)CC[C@]3(C)[C@H](CC[C@@H]4[C@]5(C)C[C@H](O)[C@H](O)[C@](C)(CO)[C@@H]5[C@H](O)C[C@@]43C)[C@H]2[C@H]1C. The van der Waals surface area contributed by atoms with Crippen molar-refractivity contribution >= 4 is 5.97 Å². The van der Waals surface area contributed by atoms with Crippen LogP contribution in [0.4, 0.5) is 0 Å². The molecule has 3 saturated heterocycles. The third-order valence-electron chi connectivity index (χ3n) is 19.8. The maximum Gasteiger partial charge on any atom is 0.315 e. The third kappa shape index (κ3) is 7.89. The molecule has 20 heteroatoms. The fraction of sp³-hybridized carbons (Fsp3) is 0.938. The second-order valence-electron chi connectivity index (χ2n) is 23.1. The van der Waals surface area contributed by atoms with Gasteiger partial charge in [-0.3, -0.25) is 4.79 Å². The van der Waals surface area contributed by atoms with Crippen molar-refractivity contribution in [2.24, 2.45) is 56.7 Å². The molecule has 0 aromatic carbocycles. The van der Waals surface area contributed by atoms with Crippen LogP contribution in [0.5, 0.6) is 0 Å². The topological polar surface area (TPSA) is 335 Å². The summed E-state index contributed by atoms with van der Waals surface area (Å²) in [6.07, 6.45) is -22.3. The highest BCUT2D eigenvalue weighted by Crippen LogP contribution is 2.77. The van der Waals surface area contributed by atoms with Gasteiger partial charge in [0.05, 0.1) is 49.7 Å². The Labute approximate surface area is 396 Å². The predicted molar refractivity (Wildman–Crippen MR) is 233 cm³/mol. The highest BCUT2D eigenvalue weighted by atomic mass is 16.8. The molecule has 7 fully saturated rings. The van der Waals surface area contributed by atoms with E-state index in [0.717, 1.165) is 18.4 Å². The van der Waals surface area contributed by atoms with Crippen LogP contribution in [-0.4, -0.2) is 203 Å². The molecule has 68 heavy (non-hydrogen) atoms. The van der Waals surface area contributed by atoms with Gasteiger partial charge < -0.3 is 94.8 Å². The summed E-state index contributed by atoms with van der Waals surface area (Å²) in [5.74, 6) is -1.48. The van der Waals surface area contributed by atoms with Gasteiger partial charge in [0.25, 0.3) is 0 Å². The van der Waals surface area contributed by atoms with Crippen LogP contribution in [0.3, 0.4) is 0 Å². The van der Waals surface area contributed by atoms with Crippen LogP contribution in [0.15, 0.2) is 11.6 Å². The Morgan fingerprint density at radius 3 is 2.00 bits per heavy atom. The Balaban J connectivity index is 0.982. The lowest BCUT2D eigenvalue weighted by Crippen LogP contribution is -2.73. The van der Waals surface area contributed by atoms with Gasteiger partial charge >= 0.3 is 5.97 Å². The lowest BCUT2D eigenvalue weighted by atomic mass is 9.31. The summed E-state index contributed by atoms with van der Waals surface area (Å²) in [4.78, 5) is 15.0. The van der Waals surface area contributed by atoms with E-state index < -0.39 is 163 Å². The van der Waals surface area contributed by atoms with Crippen molar-refractivity contribution in [3.8, 4) is 0 Å². The van der Waals surface area contributed by atoms with Gasteiger partial charge in [-0.1, -0.05) is 46.3 Å². The smallest absolute Gasteiger partial charge is 0.315 e. The molecule has 5 aliphatic carbocycles. The van der Waals surface area contributed by atoms with E-state index in [-0.39, 0.29) is 36.7 Å². The van der Waals surface area contributed by atoms with Crippen LogP contribution in [-0.2, 0) is 33.2 Å². The number of hydrogen-bond acceptors (Lipinski definition) is 20. The Bertz CT molecular complexity index is 1860. The molecule has 13 N–H and O–H groups in total. The number of rotatable bonds is 9. The first kappa shape index (κ1) is 52.8. The second-order valence-corrected chi connectivity index (χ2v) is 23.1. The van der Waals surface area contributed by atoms with Crippen LogP contribution in [0.25, 0.3) is 0 Å². The molecule has 8 rings (SSSR count). The van der Waals surface area contributed by atoms with Crippen LogP contribution >= 0.6 is 0 Å². The lowest BCUT2D eigenvalue weighted by Gasteiger charge is -2.74. The van der Waals surface area contributed by atoms with Crippen molar-refractivity contribution in [2.75, 3.05) is 19.8 Å². The second kappa shape index (κ2) is 18.8. The quantitative estimate of drug-likeness (QED) is 0.0873. The van der Waals surface area contributed by atoms with Crippen molar-refractivity contribution < 1.29 is 99.6 Å². The number of fused-ring (bicyclic) bond motifs is 7. The molecule has 28 atom stereocenters. The minimum Gasteiger partial charge on any atom is -0.432 e. The van der Waals surface area contributed by atoms with E-state index in [9.17, 15) is 66.4 Å². The highest BCUT2D eigenvalue weighted by Gasteiger charge is 2.74. The van der Waals surface area contributed by atoms with E-state index in [4.69, 9.17) is 28.4 Å². The summed E-state index contributed by atoms with van der Waals surface area (Å²) in [6.45, 7) is 12.1. The van der Waals surface area contributed by atoms with E-state index in [1.165, 1.54) is 6.92 Å². The number of aliphatic hydroxyl groups is 13. The fourth-order valence-electron chi connectivity index (χ4n) is 15.8. The van der Waals surface area contributed by atoms with Gasteiger partial charge in [0.15, 0.2) is 12.6 Å². The van der Waals surface area contributed by atoms with E-state index in [1.807, 2.05) is 13.0 Å². The van der Waals surface area contributed by atoms with Gasteiger partial charge in [-0.05, 0) is 98.7 Å². The minimum atomic E-state index is -1.89. The van der Waals surface area contributed by atoms with Crippen LogP contribution in [0, 0.1) is 56.7 Å². The van der Waals surface area contributed by atoms with Crippen LogP contribution in [0.1, 0.15) is 93.4 Å². The van der Waals surface area contributed by atoms with Crippen LogP contribution < -0.4 is 0 Å². The van der Waals surface area contributed by atoms with Crippen molar-refractivity contribution in [1.29, 1.82) is 0 Å².